The zero-order valence-corrected chi connectivity index (χ0v) is 19.3. The second kappa shape index (κ2) is 10.1. The molecule has 0 spiro atoms. The normalized spacial score (nSPS) is 10.8. The Morgan fingerprint density at radius 3 is 2.69 bits per heavy atom. The van der Waals surface area contributed by atoms with Crippen LogP contribution in [0.4, 0.5) is 0 Å². The average Bonchev–Trinajstić information content (AvgIpc) is 3.06. The van der Waals surface area contributed by atoms with Crippen LogP contribution in [0.2, 0.25) is 5.02 Å². The number of rotatable bonds is 9. The van der Waals surface area contributed by atoms with E-state index in [1.54, 1.807) is 7.11 Å². The van der Waals surface area contributed by atoms with Gasteiger partial charge in [0.1, 0.15) is 6.61 Å². The highest BCUT2D eigenvalue weighted by Crippen LogP contribution is 2.34. The van der Waals surface area contributed by atoms with Gasteiger partial charge in [0, 0.05) is 15.9 Å². The van der Waals surface area contributed by atoms with Gasteiger partial charge in [-0.2, -0.15) is 5.10 Å². The number of H-pyrrole nitrogens is 1. The van der Waals surface area contributed by atoms with Gasteiger partial charge in [0.25, 0.3) is 0 Å². The number of nitrogens with one attached hydrogen (secondary N) is 2. The highest BCUT2D eigenvalue weighted by atomic mass is 79.9. The Labute approximate surface area is 188 Å². The van der Waals surface area contributed by atoms with E-state index in [-0.39, 0.29) is 0 Å². The van der Waals surface area contributed by atoms with Crippen LogP contribution in [0, 0.1) is 4.77 Å². The van der Waals surface area contributed by atoms with Crippen LogP contribution in [0.15, 0.2) is 40.9 Å². The molecule has 3 aromatic rings. The smallest absolute Gasteiger partial charge is 0.214 e. The zero-order chi connectivity index (χ0) is 20.8. The molecule has 0 aliphatic carbocycles. The van der Waals surface area contributed by atoms with Crippen molar-refractivity contribution >= 4 is 39.7 Å². The van der Waals surface area contributed by atoms with E-state index in [2.05, 4.69) is 38.5 Å². The molecule has 6 nitrogen and oxygen atoms in total. The van der Waals surface area contributed by atoms with Gasteiger partial charge >= 0.3 is 0 Å². The van der Waals surface area contributed by atoms with Crippen LogP contribution in [-0.4, -0.2) is 22.0 Å². The minimum absolute atomic E-state index is 0.419. The molecule has 0 saturated heterocycles. The minimum Gasteiger partial charge on any atom is -0.493 e. The van der Waals surface area contributed by atoms with Crippen molar-refractivity contribution in [2.45, 2.75) is 32.9 Å². The van der Waals surface area contributed by atoms with Gasteiger partial charge in [-0.15, -0.1) is 0 Å². The second-order valence-corrected chi connectivity index (χ2v) is 8.05. The highest BCUT2D eigenvalue weighted by molar-refractivity contribution is 9.10. The molecule has 0 atom stereocenters. The fourth-order valence-electron chi connectivity index (χ4n) is 2.77. The van der Waals surface area contributed by atoms with E-state index < -0.39 is 0 Å². The molecule has 154 valence electrons. The lowest BCUT2D eigenvalue weighted by molar-refractivity contribution is 0.284. The largest absolute Gasteiger partial charge is 0.493 e. The van der Waals surface area contributed by atoms with E-state index in [1.807, 2.05) is 41.1 Å². The summed E-state index contributed by atoms with van der Waals surface area (Å²) >= 11 is 14.9. The van der Waals surface area contributed by atoms with E-state index in [1.165, 1.54) is 0 Å². The van der Waals surface area contributed by atoms with Crippen LogP contribution in [-0.2, 0) is 19.6 Å². The Hall–Kier alpha value is -2.03. The minimum atomic E-state index is 0.419. The molecular weight excluding hydrogens is 476 g/mol. The van der Waals surface area contributed by atoms with Crippen molar-refractivity contribution in [1.29, 1.82) is 0 Å². The molecule has 29 heavy (non-hydrogen) atoms. The maximum atomic E-state index is 5.95. The van der Waals surface area contributed by atoms with Crippen molar-refractivity contribution in [2.24, 2.45) is 0 Å². The summed E-state index contributed by atoms with van der Waals surface area (Å²) in [6, 6.07) is 11.4. The van der Waals surface area contributed by atoms with E-state index >= 15 is 0 Å². The Bertz CT molecular complexity index is 1020. The second-order valence-electron chi connectivity index (χ2n) is 6.37. The molecule has 9 heteroatoms. The predicted molar refractivity (Wildman–Crippen MR) is 121 cm³/mol. The van der Waals surface area contributed by atoms with Crippen molar-refractivity contribution in [3.63, 3.8) is 0 Å². The maximum Gasteiger partial charge on any atom is 0.214 e. The topological polar surface area (TPSA) is 64.1 Å². The third-order valence-corrected chi connectivity index (χ3v) is 5.55. The van der Waals surface area contributed by atoms with Gasteiger partial charge in [0.05, 0.1) is 13.7 Å². The van der Waals surface area contributed by atoms with Gasteiger partial charge in [0.15, 0.2) is 17.3 Å². The summed E-state index contributed by atoms with van der Waals surface area (Å²) in [7, 11) is 1.63. The van der Waals surface area contributed by atoms with Crippen molar-refractivity contribution < 1.29 is 9.47 Å². The first kappa shape index (κ1) is 21.7. The molecule has 0 bridgehead atoms. The quantitative estimate of drug-likeness (QED) is 0.375. The lowest BCUT2D eigenvalue weighted by Gasteiger charge is -2.15. The van der Waals surface area contributed by atoms with Crippen molar-refractivity contribution in [3.8, 4) is 11.5 Å². The molecule has 1 aromatic heterocycles. The molecule has 2 aromatic carbocycles. The molecule has 0 fully saturated rings. The van der Waals surface area contributed by atoms with E-state index in [4.69, 9.17) is 33.3 Å². The predicted octanol–water partition coefficient (Wildman–Crippen LogP) is 5.64. The number of benzene rings is 2. The van der Waals surface area contributed by atoms with Crippen LogP contribution in [0.1, 0.15) is 30.3 Å². The standard InChI is InChI=1S/C20H22BrClN4O2S/c1-3-4-19-24-25-20(29)26(19)23-11-14-9-17(27-2)18(10-16(14)21)28-12-13-5-7-15(22)8-6-13/h5-10,23H,3-4,11-12H2,1-2H3,(H,25,29). The highest BCUT2D eigenvalue weighted by Gasteiger charge is 2.12. The number of halogens is 2. The van der Waals surface area contributed by atoms with Gasteiger partial charge < -0.3 is 14.9 Å². The van der Waals surface area contributed by atoms with E-state index in [0.717, 1.165) is 34.3 Å². The van der Waals surface area contributed by atoms with Crippen LogP contribution >= 0.6 is 39.7 Å². The van der Waals surface area contributed by atoms with Crippen molar-refractivity contribution in [2.75, 3.05) is 12.5 Å². The molecule has 0 amide bonds. The third-order valence-electron chi connectivity index (χ3n) is 4.28. The van der Waals surface area contributed by atoms with Crippen LogP contribution in [0.5, 0.6) is 11.5 Å². The van der Waals surface area contributed by atoms with Gasteiger partial charge in [-0.05, 0) is 54.0 Å². The maximum absolute atomic E-state index is 5.95. The number of hydrogen-bond donors (Lipinski definition) is 2. The molecule has 0 radical (unpaired) electrons. The third kappa shape index (κ3) is 5.52. The van der Waals surface area contributed by atoms with Crippen molar-refractivity contribution in [1.82, 2.24) is 14.9 Å². The number of aryl methyl sites for hydroxylation is 1. The van der Waals surface area contributed by atoms with E-state index in [9.17, 15) is 0 Å². The summed E-state index contributed by atoms with van der Waals surface area (Å²) in [5.74, 6) is 2.19. The summed E-state index contributed by atoms with van der Waals surface area (Å²) in [5.41, 5.74) is 5.35. The van der Waals surface area contributed by atoms with Crippen LogP contribution < -0.4 is 14.9 Å². The zero-order valence-electron chi connectivity index (χ0n) is 16.2. The number of methoxy groups -OCH3 is 1. The van der Waals surface area contributed by atoms with Crippen LogP contribution in [0.3, 0.4) is 0 Å². The number of nitrogens with zero attached hydrogens (tertiary/aromatic N) is 2. The lowest BCUT2D eigenvalue weighted by Crippen LogP contribution is -2.18. The molecule has 0 aliphatic heterocycles. The van der Waals surface area contributed by atoms with E-state index in [0.29, 0.717) is 34.4 Å². The Morgan fingerprint density at radius 1 is 1.24 bits per heavy atom. The lowest BCUT2D eigenvalue weighted by atomic mass is 10.2. The molecule has 0 saturated carbocycles. The molecule has 3 rings (SSSR count). The number of ether oxygens (including phenoxy) is 2. The monoisotopic (exact) mass is 496 g/mol. The summed E-state index contributed by atoms with van der Waals surface area (Å²) < 4.78 is 14.7. The number of hydrogen-bond acceptors (Lipinski definition) is 5. The molecule has 0 aliphatic rings. The first-order chi connectivity index (χ1) is 14.0. The summed E-state index contributed by atoms with van der Waals surface area (Å²) in [6.07, 6.45) is 1.82. The Kier molecular flexibility index (Phi) is 7.57. The Morgan fingerprint density at radius 2 is 2.00 bits per heavy atom. The molecule has 2 N–H and O–H groups in total. The van der Waals surface area contributed by atoms with Crippen molar-refractivity contribution in [3.05, 3.63) is 67.6 Å². The summed E-state index contributed by atoms with van der Waals surface area (Å²) in [4.78, 5) is 0. The number of aromatic amines is 1. The molecule has 1 heterocycles. The molecular formula is C20H22BrClN4O2S. The van der Waals surface area contributed by atoms with Crippen LogP contribution in [0.25, 0.3) is 0 Å². The average molecular weight is 498 g/mol. The van der Waals surface area contributed by atoms with Gasteiger partial charge in [-0.3, -0.25) is 5.10 Å². The SMILES string of the molecule is CCCc1n[nH]c(=S)n1NCc1cc(OC)c(OCc2ccc(Cl)cc2)cc1Br. The summed E-state index contributed by atoms with van der Waals surface area (Å²) in [6.45, 7) is 3.06. The number of aromatic nitrogens is 3. The first-order valence-electron chi connectivity index (χ1n) is 9.15. The van der Waals surface area contributed by atoms with Gasteiger partial charge in [0.2, 0.25) is 4.77 Å². The summed E-state index contributed by atoms with van der Waals surface area (Å²) in [5, 5.41) is 7.79. The van der Waals surface area contributed by atoms with Gasteiger partial charge in [-0.1, -0.05) is 46.6 Å². The first-order valence-corrected chi connectivity index (χ1v) is 10.7. The fraction of sp³-hybridized carbons (Fsp3) is 0.300. The molecule has 0 unspecified atom stereocenters. The van der Waals surface area contributed by atoms with Gasteiger partial charge in [-0.25, -0.2) is 4.68 Å². The Balaban J connectivity index is 1.73. The fourth-order valence-corrected chi connectivity index (χ4v) is 3.58.